The summed E-state index contributed by atoms with van der Waals surface area (Å²) in [7, 11) is 0. The lowest BCUT2D eigenvalue weighted by Gasteiger charge is -2.00. The van der Waals surface area contributed by atoms with E-state index in [-0.39, 0.29) is 22.8 Å². The highest BCUT2D eigenvalue weighted by molar-refractivity contribution is 8.00. The van der Waals surface area contributed by atoms with Crippen molar-refractivity contribution in [2.75, 3.05) is 11.5 Å². The van der Waals surface area contributed by atoms with Crippen LogP contribution in [0.15, 0.2) is 30.0 Å². The summed E-state index contributed by atoms with van der Waals surface area (Å²) in [4.78, 5) is 14.7. The number of hydrogen-bond acceptors (Lipinski definition) is 6. The standard InChI is InChI=1S/C13H10N2O3S2/c14-5-8(10(16)6-19-7-12(17)18)13-15-9-3-1-2-4-11(9)20-13/h1-4,16H,6-7H2,(H,17,18)/b10-8+. The zero-order valence-corrected chi connectivity index (χ0v) is 11.9. The third kappa shape index (κ3) is 3.29. The Labute approximate surface area is 123 Å². The van der Waals surface area contributed by atoms with E-state index in [2.05, 4.69) is 4.98 Å². The lowest BCUT2D eigenvalue weighted by Crippen LogP contribution is -2.00. The molecule has 102 valence electrons. The van der Waals surface area contributed by atoms with Crippen molar-refractivity contribution in [2.45, 2.75) is 0 Å². The molecule has 1 aromatic heterocycles. The summed E-state index contributed by atoms with van der Waals surface area (Å²) in [6, 6.07) is 9.39. The molecule has 0 unspecified atom stereocenters. The quantitative estimate of drug-likeness (QED) is 0.651. The van der Waals surface area contributed by atoms with Crippen LogP contribution in [0.2, 0.25) is 0 Å². The molecule has 2 rings (SSSR count). The number of carboxylic acid groups (broad SMARTS) is 1. The topological polar surface area (TPSA) is 94.2 Å². The number of aliphatic hydroxyl groups excluding tert-OH is 1. The minimum atomic E-state index is -0.957. The van der Waals surface area contributed by atoms with Gasteiger partial charge in [-0.25, -0.2) is 4.98 Å². The second-order valence-corrected chi connectivity index (χ2v) is 5.82. The second-order valence-electron chi connectivity index (χ2n) is 3.81. The van der Waals surface area contributed by atoms with E-state index in [0.717, 1.165) is 22.0 Å². The predicted molar refractivity (Wildman–Crippen MR) is 79.7 cm³/mol. The average Bonchev–Trinajstić information content (AvgIpc) is 2.82. The minimum absolute atomic E-state index is 0.0745. The zero-order chi connectivity index (χ0) is 14.5. The lowest BCUT2D eigenvalue weighted by molar-refractivity contribution is -0.133. The van der Waals surface area contributed by atoms with Gasteiger partial charge in [-0.2, -0.15) is 5.26 Å². The maximum absolute atomic E-state index is 10.4. The van der Waals surface area contributed by atoms with Crippen LogP contribution in [-0.2, 0) is 4.79 Å². The predicted octanol–water partition coefficient (Wildman–Crippen LogP) is 2.91. The molecule has 0 spiro atoms. The number of benzene rings is 1. The van der Waals surface area contributed by atoms with Gasteiger partial charge in [0.05, 0.1) is 21.7 Å². The molecule has 5 nitrogen and oxygen atoms in total. The fraction of sp³-hybridized carbons (Fsp3) is 0.154. The van der Waals surface area contributed by atoms with Crippen LogP contribution in [0.1, 0.15) is 5.01 Å². The van der Waals surface area contributed by atoms with E-state index in [1.165, 1.54) is 11.3 Å². The van der Waals surface area contributed by atoms with Crippen molar-refractivity contribution in [1.29, 1.82) is 5.26 Å². The Morgan fingerprint density at radius 3 is 2.75 bits per heavy atom. The van der Waals surface area contributed by atoms with Crippen LogP contribution in [-0.4, -0.2) is 32.7 Å². The maximum Gasteiger partial charge on any atom is 0.313 e. The van der Waals surface area contributed by atoms with Gasteiger partial charge in [-0.15, -0.1) is 23.1 Å². The maximum atomic E-state index is 10.4. The number of aliphatic carboxylic acids is 1. The van der Waals surface area contributed by atoms with E-state index in [9.17, 15) is 9.90 Å². The fourth-order valence-electron chi connectivity index (χ4n) is 1.52. The Morgan fingerprint density at radius 1 is 1.35 bits per heavy atom. The van der Waals surface area contributed by atoms with Crippen molar-refractivity contribution in [2.24, 2.45) is 0 Å². The van der Waals surface area contributed by atoms with Crippen molar-refractivity contribution < 1.29 is 15.0 Å². The highest BCUT2D eigenvalue weighted by Gasteiger charge is 2.14. The van der Waals surface area contributed by atoms with Crippen LogP contribution in [0.25, 0.3) is 15.8 Å². The molecule has 0 aliphatic carbocycles. The first-order valence-corrected chi connectivity index (χ1v) is 7.56. The summed E-state index contributed by atoms with van der Waals surface area (Å²) >= 11 is 2.35. The van der Waals surface area contributed by atoms with Gasteiger partial charge < -0.3 is 10.2 Å². The summed E-state index contributed by atoms with van der Waals surface area (Å²) in [5.41, 5.74) is 0.871. The molecule has 0 bridgehead atoms. The summed E-state index contributed by atoms with van der Waals surface area (Å²) in [6.45, 7) is 0. The Hall–Kier alpha value is -2.04. The van der Waals surface area contributed by atoms with Crippen molar-refractivity contribution in [3.05, 3.63) is 35.0 Å². The number of thiazole rings is 1. The third-order valence-corrected chi connectivity index (χ3v) is 4.35. The number of rotatable bonds is 5. The van der Waals surface area contributed by atoms with Gasteiger partial charge in [0.1, 0.15) is 22.4 Å². The molecule has 2 N–H and O–H groups in total. The van der Waals surface area contributed by atoms with Crippen molar-refractivity contribution in [3.8, 4) is 6.07 Å². The van der Waals surface area contributed by atoms with Crippen LogP contribution >= 0.6 is 23.1 Å². The minimum Gasteiger partial charge on any atom is -0.510 e. The molecule has 0 aliphatic rings. The Morgan fingerprint density at radius 2 is 2.10 bits per heavy atom. The number of thioether (sulfide) groups is 1. The van der Waals surface area contributed by atoms with E-state index in [0.29, 0.717) is 5.01 Å². The number of aromatic nitrogens is 1. The Bertz CT molecular complexity index is 683. The monoisotopic (exact) mass is 306 g/mol. The van der Waals surface area contributed by atoms with Gasteiger partial charge in [0.2, 0.25) is 0 Å². The van der Waals surface area contributed by atoms with Crippen molar-refractivity contribution in [1.82, 2.24) is 4.98 Å². The summed E-state index contributed by atoms with van der Waals surface area (Å²) in [6.07, 6.45) is 0. The first-order valence-electron chi connectivity index (χ1n) is 5.59. The van der Waals surface area contributed by atoms with Gasteiger partial charge in [-0.3, -0.25) is 4.79 Å². The van der Waals surface area contributed by atoms with Crippen LogP contribution in [0, 0.1) is 11.3 Å². The number of nitrogens with zero attached hydrogens (tertiary/aromatic N) is 2. The molecule has 0 aliphatic heterocycles. The van der Waals surface area contributed by atoms with Crippen molar-refractivity contribution in [3.63, 3.8) is 0 Å². The third-order valence-electron chi connectivity index (χ3n) is 2.37. The van der Waals surface area contributed by atoms with E-state index in [1.54, 1.807) is 0 Å². The number of aliphatic hydroxyl groups is 1. The SMILES string of the molecule is N#C/C(=C(\O)CSCC(=O)O)c1nc2ccccc2s1. The summed E-state index contributed by atoms with van der Waals surface area (Å²) < 4.78 is 0.932. The molecular formula is C13H10N2O3S2. The molecule has 0 saturated heterocycles. The van der Waals surface area contributed by atoms with E-state index in [4.69, 9.17) is 10.4 Å². The Kier molecular flexibility index (Phi) is 4.61. The second kappa shape index (κ2) is 6.41. The van der Waals surface area contributed by atoms with E-state index in [1.807, 2.05) is 30.3 Å². The van der Waals surface area contributed by atoms with Crippen LogP contribution in [0.3, 0.4) is 0 Å². The number of hydrogen-bond donors (Lipinski definition) is 2. The summed E-state index contributed by atoms with van der Waals surface area (Å²) in [5, 5.41) is 28.1. The van der Waals surface area contributed by atoms with Crippen LogP contribution in [0.5, 0.6) is 0 Å². The molecule has 0 radical (unpaired) electrons. The molecule has 20 heavy (non-hydrogen) atoms. The molecule has 0 atom stereocenters. The van der Waals surface area contributed by atoms with Gasteiger partial charge in [-0.05, 0) is 12.1 Å². The van der Waals surface area contributed by atoms with E-state index < -0.39 is 5.97 Å². The molecule has 0 saturated carbocycles. The highest BCUT2D eigenvalue weighted by atomic mass is 32.2. The molecule has 7 heteroatoms. The van der Waals surface area contributed by atoms with Gasteiger partial charge in [0.25, 0.3) is 0 Å². The molecule has 2 aromatic rings. The average molecular weight is 306 g/mol. The number of carboxylic acids is 1. The molecule has 0 fully saturated rings. The number of para-hydroxylation sites is 1. The molecular weight excluding hydrogens is 296 g/mol. The fourth-order valence-corrected chi connectivity index (χ4v) is 3.12. The highest BCUT2D eigenvalue weighted by Crippen LogP contribution is 2.28. The van der Waals surface area contributed by atoms with Crippen LogP contribution in [0.4, 0.5) is 0 Å². The van der Waals surface area contributed by atoms with E-state index >= 15 is 0 Å². The number of carbonyl (C=O) groups is 1. The smallest absolute Gasteiger partial charge is 0.313 e. The number of fused-ring (bicyclic) bond motifs is 1. The van der Waals surface area contributed by atoms with Gasteiger partial charge in [-0.1, -0.05) is 12.1 Å². The molecule has 1 heterocycles. The van der Waals surface area contributed by atoms with Crippen LogP contribution < -0.4 is 0 Å². The largest absolute Gasteiger partial charge is 0.510 e. The number of nitriles is 1. The zero-order valence-electron chi connectivity index (χ0n) is 10.2. The Balaban J connectivity index is 2.26. The summed E-state index contributed by atoms with van der Waals surface area (Å²) in [5.74, 6) is -1.15. The molecule has 1 aromatic carbocycles. The molecule has 0 amide bonds. The number of allylic oxidation sites excluding steroid dienone is 1. The lowest BCUT2D eigenvalue weighted by atomic mass is 10.2. The van der Waals surface area contributed by atoms with Gasteiger partial charge >= 0.3 is 5.97 Å². The van der Waals surface area contributed by atoms with Gasteiger partial charge in [0, 0.05) is 0 Å². The normalized spacial score (nSPS) is 11.9. The van der Waals surface area contributed by atoms with Gasteiger partial charge in [0.15, 0.2) is 0 Å². The first kappa shape index (κ1) is 14.4. The first-order chi connectivity index (χ1) is 9.61. The van der Waals surface area contributed by atoms with Crippen molar-refractivity contribution >= 4 is 44.9 Å².